The molecule has 1 aliphatic rings. The van der Waals surface area contributed by atoms with Gasteiger partial charge < -0.3 is 20.7 Å². The molecule has 0 aliphatic carbocycles. The zero-order valence-corrected chi connectivity index (χ0v) is 14.0. The molecule has 1 fully saturated rings. The number of rotatable bonds is 5. The van der Waals surface area contributed by atoms with Gasteiger partial charge >= 0.3 is 0 Å². The molecule has 0 aromatic carbocycles. The van der Waals surface area contributed by atoms with Gasteiger partial charge in [0.25, 0.3) is 0 Å². The Morgan fingerprint density at radius 2 is 2.33 bits per heavy atom. The van der Waals surface area contributed by atoms with Gasteiger partial charge in [0.2, 0.25) is 0 Å². The third kappa shape index (κ3) is 7.38. The summed E-state index contributed by atoms with van der Waals surface area (Å²) in [7, 11) is 3.85. The molecule has 5 nitrogen and oxygen atoms in total. The van der Waals surface area contributed by atoms with Crippen molar-refractivity contribution in [2.24, 2.45) is 16.6 Å². The lowest BCUT2D eigenvalue weighted by Gasteiger charge is -2.28. The van der Waals surface area contributed by atoms with Gasteiger partial charge in [0.15, 0.2) is 5.96 Å². The first kappa shape index (κ1) is 17.9. The van der Waals surface area contributed by atoms with E-state index in [4.69, 9.17) is 10.5 Å². The highest BCUT2D eigenvalue weighted by Gasteiger charge is 2.16. The Balaban J connectivity index is 0.00000289. The topological polar surface area (TPSA) is 62.9 Å². The summed E-state index contributed by atoms with van der Waals surface area (Å²) in [4.78, 5) is 6.77. The van der Waals surface area contributed by atoms with Crippen LogP contribution in [0.2, 0.25) is 0 Å². The standard InChI is InChI=1S/C12H26N4O.HI/c1-10(9-17-3)15-12(13)14-7-11-5-4-6-16(2)8-11;/h10-11H,4-9H2,1-3H3,(H3,13,14,15);1H. The smallest absolute Gasteiger partial charge is 0.188 e. The fourth-order valence-corrected chi connectivity index (χ4v) is 2.24. The molecule has 1 rings (SSSR count). The lowest BCUT2D eigenvalue weighted by Crippen LogP contribution is -2.41. The number of nitrogens with one attached hydrogen (secondary N) is 1. The first-order chi connectivity index (χ1) is 8.11. The Kier molecular flexibility index (Phi) is 9.76. The van der Waals surface area contributed by atoms with Crippen LogP contribution in [0.1, 0.15) is 19.8 Å². The number of aliphatic imine (C=N–C) groups is 1. The Bertz CT molecular complexity index is 250. The van der Waals surface area contributed by atoms with Gasteiger partial charge in [0, 0.05) is 26.2 Å². The molecule has 108 valence electrons. The molecule has 1 aliphatic heterocycles. The van der Waals surface area contributed by atoms with Crippen molar-refractivity contribution in [1.82, 2.24) is 10.2 Å². The maximum atomic E-state index is 5.83. The number of nitrogens with zero attached hydrogens (tertiary/aromatic N) is 2. The average Bonchev–Trinajstić information content (AvgIpc) is 2.27. The molecule has 0 bridgehead atoms. The second-order valence-corrected chi connectivity index (χ2v) is 5.00. The highest BCUT2D eigenvalue weighted by atomic mass is 127. The van der Waals surface area contributed by atoms with Crippen LogP contribution < -0.4 is 11.1 Å². The van der Waals surface area contributed by atoms with Crippen LogP contribution >= 0.6 is 24.0 Å². The van der Waals surface area contributed by atoms with Crippen molar-refractivity contribution < 1.29 is 4.74 Å². The number of piperidine rings is 1. The minimum Gasteiger partial charge on any atom is -0.383 e. The van der Waals surface area contributed by atoms with Gasteiger partial charge in [-0.05, 0) is 39.3 Å². The van der Waals surface area contributed by atoms with Gasteiger partial charge in [-0.1, -0.05) is 0 Å². The van der Waals surface area contributed by atoms with E-state index in [9.17, 15) is 0 Å². The van der Waals surface area contributed by atoms with Gasteiger partial charge in [0.05, 0.1) is 6.61 Å². The van der Waals surface area contributed by atoms with Gasteiger partial charge in [-0.15, -0.1) is 24.0 Å². The normalized spacial score (nSPS) is 23.3. The summed E-state index contributed by atoms with van der Waals surface area (Å²) in [5.41, 5.74) is 5.83. The van der Waals surface area contributed by atoms with Crippen molar-refractivity contribution in [3.63, 3.8) is 0 Å². The van der Waals surface area contributed by atoms with Crippen LogP contribution in [0.4, 0.5) is 0 Å². The fourth-order valence-electron chi connectivity index (χ4n) is 2.24. The highest BCUT2D eigenvalue weighted by molar-refractivity contribution is 14.0. The summed E-state index contributed by atoms with van der Waals surface area (Å²) in [5, 5.41) is 3.12. The summed E-state index contributed by atoms with van der Waals surface area (Å²) in [5.74, 6) is 1.18. The van der Waals surface area contributed by atoms with E-state index >= 15 is 0 Å². The fraction of sp³-hybridized carbons (Fsp3) is 0.917. The molecule has 0 aromatic rings. The number of halogens is 1. The lowest BCUT2D eigenvalue weighted by atomic mass is 9.99. The molecular weight excluding hydrogens is 343 g/mol. The van der Waals surface area contributed by atoms with E-state index in [1.165, 1.54) is 19.4 Å². The van der Waals surface area contributed by atoms with Crippen LogP contribution in [-0.2, 0) is 4.74 Å². The number of nitrogens with two attached hydrogens (primary N) is 1. The highest BCUT2D eigenvalue weighted by Crippen LogP contribution is 2.14. The number of likely N-dealkylation sites (tertiary alicyclic amines) is 1. The molecule has 3 N–H and O–H groups in total. The van der Waals surface area contributed by atoms with E-state index < -0.39 is 0 Å². The Morgan fingerprint density at radius 3 is 2.94 bits per heavy atom. The van der Waals surface area contributed by atoms with E-state index in [-0.39, 0.29) is 30.0 Å². The summed E-state index contributed by atoms with van der Waals surface area (Å²) < 4.78 is 5.03. The van der Waals surface area contributed by atoms with Crippen LogP contribution in [-0.4, -0.2) is 57.3 Å². The van der Waals surface area contributed by atoms with Crippen LogP contribution in [0, 0.1) is 5.92 Å². The molecule has 6 heteroatoms. The SMILES string of the molecule is COCC(C)NC(N)=NCC1CCCN(C)C1.I. The molecule has 0 radical (unpaired) electrons. The van der Waals surface area contributed by atoms with E-state index in [1.807, 2.05) is 6.92 Å². The van der Waals surface area contributed by atoms with Crippen LogP contribution in [0.5, 0.6) is 0 Å². The van der Waals surface area contributed by atoms with E-state index in [2.05, 4.69) is 22.3 Å². The first-order valence-electron chi connectivity index (χ1n) is 6.35. The monoisotopic (exact) mass is 370 g/mol. The Labute approximate surface area is 128 Å². The molecule has 18 heavy (non-hydrogen) atoms. The average molecular weight is 370 g/mol. The minimum atomic E-state index is 0. The van der Waals surface area contributed by atoms with E-state index in [1.54, 1.807) is 7.11 Å². The van der Waals surface area contributed by atoms with Gasteiger partial charge in [-0.2, -0.15) is 0 Å². The number of guanidine groups is 1. The predicted molar refractivity (Wildman–Crippen MR) is 86.6 cm³/mol. The molecular formula is C12H27IN4O. The van der Waals surface area contributed by atoms with Crippen molar-refractivity contribution in [2.75, 3.05) is 40.4 Å². The molecule has 2 unspecified atom stereocenters. The molecule has 0 spiro atoms. The molecule has 2 atom stereocenters. The largest absolute Gasteiger partial charge is 0.383 e. The number of methoxy groups -OCH3 is 1. The summed E-state index contributed by atoms with van der Waals surface area (Å²) >= 11 is 0. The zero-order valence-electron chi connectivity index (χ0n) is 11.7. The van der Waals surface area contributed by atoms with Crippen molar-refractivity contribution in [1.29, 1.82) is 0 Å². The van der Waals surface area contributed by atoms with Gasteiger partial charge in [-0.3, -0.25) is 4.99 Å². The molecule has 0 saturated carbocycles. The van der Waals surface area contributed by atoms with Gasteiger partial charge in [-0.25, -0.2) is 0 Å². The Morgan fingerprint density at radius 1 is 1.61 bits per heavy atom. The summed E-state index contributed by atoms with van der Waals surface area (Å²) in [6.07, 6.45) is 2.53. The summed E-state index contributed by atoms with van der Waals surface area (Å²) in [6, 6.07) is 0.206. The third-order valence-corrected chi connectivity index (χ3v) is 3.05. The number of hydrogen-bond donors (Lipinski definition) is 2. The maximum absolute atomic E-state index is 5.83. The molecule has 1 saturated heterocycles. The Hall–Kier alpha value is -0.0800. The maximum Gasteiger partial charge on any atom is 0.188 e. The number of hydrogen-bond acceptors (Lipinski definition) is 3. The van der Waals surface area contributed by atoms with Crippen molar-refractivity contribution in [2.45, 2.75) is 25.8 Å². The quantitative estimate of drug-likeness (QED) is 0.429. The van der Waals surface area contributed by atoms with Crippen molar-refractivity contribution >= 4 is 29.9 Å². The van der Waals surface area contributed by atoms with Gasteiger partial charge in [0.1, 0.15) is 0 Å². The second kappa shape index (κ2) is 9.80. The molecule has 1 heterocycles. The van der Waals surface area contributed by atoms with Crippen molar-refractivity contribution in [3.8, 4) is 0 Å². The van der Waals surface area contributed by atoms with Crippen molar-refractivity contribution in [3.05, 3.63) is 0 Å². The van der Waals surface area contributed by atoms with Crippen LogP contribution in [0.15, 0.2) is 4.99 Å². The minimum absolute atomic E-state index is 0. The van der Waals surface area contributed by atoms with Crippen LogP contribution in [0.3, 0.4) is 0 Å². The zero-order chi connectivity index (χ0) is 12.7. The second-order valence-electron chi connectivity index (χ2n) is 5.00. The van der Waals surface area contributed by atoms with Crippen LogP contribution in [0.25, 0.3) is 0 Å². The lowest BCUT2D eigenvalue weighted by molar-refractivity contribution is 0.179. The molecule has 0 amide bonds. The predicted octanol–water partition coefficient (Wildman–Crippen LogP) is 0.885. The summed E-state index contributed by atoms with van der Waals surface area (Å²) in [6.45, 7) is 5.83. The third-order valence-electron chi connectivity index (χ3n) is 3.05. The van der Waals surface area contributed by atoms with E-state index in [0.29, 0.717) is 18.5 Å². The first-order valence-corrected chi connectivity index (χ1v) is 6.35. The van der Waals surface area contributed by atoms with E-state index in [0.717, 1.165) is 13.1 Å². The number of ether oxygens (including phenoxy) is 1. The molecule has 0 aromatic heterocycles.